The molecule has 1 aromatic rings. The van der Waals surface area contributed by atoms with Crippen molar-refractivity contribution in [3.63, 3.8) is 0 Å². The number of allylic oxidation sites excluding steroid dienone is 1. The van der Waals surface area contributed by atoms with Crippen molar-refractivity contribution in [2.24, 2.45) is 0 Å². The number of aldehydes is 1. The Balaban J connectivity index is 2.39. The molecule has 0 amide bonds. The highest BCUT2D eigenvalue weighted by Gasteiger charge is 2.29. The molecule has 1 heteroatoms. The van der Waals surface area contributed by atoms with Gasteiger partial charge in [-0.05, 0) is 53.5 Å². The van der Waals surface area contributed by atoms with E-state index in [1.807, 2.05) is 13.0 Å². The number of carbonyl (C=O) groups is 1. The number of rotatable bonds is 2. The van der Waals surface area contributed by atoms with Crippen LogP contribution >= 0.6 is 0 Å². The van der Waals surface area contributed by atoms with E-state index in [0.717, 1.165) is 23.8 Å². The van der Waals surface area contributed by atoms with Crippen molar-refractivity contribution in [3.8, 4) is 0 Å². The van der Waals surface area contributed by atoms with Crippen LogP contribution in [0.3, 0.4) is 0 Å². The molecule has 84 valence electrons. The van der Waals surface area contributed by atoms with Crippen molar-refractivity contribution in [3.05, 3.63) is 40.5 Å². The molecular weight excluding hydrogens is 196 g/mol. The molecule has 2 rings (SSSR count). The number of aryl methyl sites for hydroxylation is 1. The summed E-state index contributed by atoms with van der Waals surface area (Å²) in [5.74, 6) is 0. The summed E-state index contributed by atoms with van der Waals surface area (Å²) in [5, 5.41) is 0. The first kappa shape index (κ1) is 11.1. The van der Waals surface area contributed by atoms with E-state index in [2.05, 4.69) is 32.0 Å². The monoisotopic (exact) mass is 214 g/mol. The molecule has 1 aliphatic rings. The molecule has 0 heterocycles. The standard InChI is InChI=1S/C15H18O/c1-11(10-16)8-12-4-5-14-13(9-12)6-7-15(14,2)3/h4-5,8-10H,6-7H2,1-3H3/b11-8+. The summed E-state index contributed by atoms with van der Waals surface area (Å²) in [6.07, 6.45) is 5.22. The number of hydrogen-bond donors (Lipinski definition) is 0. The Morgan fingerprint density at radius 2 is 2.12 bits per heavy atom. The van der Waals surface area contributed by atoms with Crippen LogP contribution in [-0.4, -0.2) is 6.29 Å². The van der Waals surface area contributed by atoms with E-state index < -0.39 is 0 Å². The second-order valence-corrected chi connectivity index (χ2v) is 5.31. The fraction of sp³-hybridized carbons (Fsp3) is 0.400. The van der Waals surface area contributed by atoms with Crippen LogP contribution in [0, 0.1) is 0 Å². The molecule has 0 saturated heterocycles. The van der Waals surface area contributed by atoms with Crippen LogP contribution in [0.2, 0.25) is 0 Å². The zero-order valence-electron chi connectivity index (χ0n) is 10.2. The lowest BCUT2D eigenvalue weighted by Gasteiger charge is -2.18. The Labute approximate surface area is 97.2 Å². The van der Waals surface area contributed by atoms with Crippen LogP contribution < -0.4 is 0 Å². The van der Waals surface area contributed by atoms with Gasteiger partial charge in [-0.3, -0.25) is 4.79 Å². The highest BCUT2D eigenvalue weighted by Crippen LogP contribution is 2.38. The molecule has 0 unspecified atom stereocenters. The summed E-state index contributed by atoms with van der Waals surface area (Å²) in [5.41, 5.74) is 5.14. The quantitative estimate of drug-likeness (QED) is 0.544. The highest BCUT2D eigenvalue weighted by molar-refractivity contribution is 5.80. The van der Waals surface area contributed by atoms with Crippen molar-refractivity contribution in [2.75, 3.05) is 0 Å². The highest BCUT2D eigenvalue weighted by atomic mass is 16.1. The molecule has 1 nitrogen and oxygen atoms in total. The smallest absolute Gasteiger partial charge is 0.145 e. The molecule has 0 atom stereocenters. The molecule has 0 aliphatic heterocycles. The van der Waals surface area contributed by atoms with E-state index in [1.165, 1.54) is 17.5 Å². The molecule has 1 aromatic carbocycles. The molecular formula is C15H18O. The number of fused-ring (bicyclic) bond motifs is 1. The van der Waals surface area contributed by atoms with Crippen molar-refractivity contribution >= 4 is 12.4 Å². The second-order valence-electron chi connectivity index (χ2n) is 5.31. The van der Waals surface area contributed by atoms with Gasteiger partial charge in [0.2, 0.25) is 0 Å². The largest absolute Gasteiger partial charge is 0.298 e. The van der Waals surface area contributed by atoms with E-state index in [1.54, 1.807) is 0 Å². The van der Waals surface area contributed by atoms with Gasteiger partial charge in [0.05, 0.1) is 0 Å². The van der Waals surface area contributed by atoms with Gasteiger partial charge in [0.25, 0.3) is 0 Å². The van der Waals surface area contributed by atoms with Gasteiger partial charge >= 0.3 is 0 Å². The third-order valence-electron chi connectivity index (χ3n) is 3.46. The fourth-order valence-electron chi connectivity index (χ4n) is 2.45. The van der Waals surface area contributed by atoms with Gasteiger partial charge in [0.15, 0.2) is 0 Å². The van der Waals surface area contributed by atoms with Gasteiger partial charge in [-0.2, -0.15) is 0 Å². The first-order chi connectivity index (χ1) is 7.53. The topological polar surface area (TPSA) is 17.1 Å². The molecule has 0 bridgehead atoms. The Hall–Kier alpha value is -1.37. The van der Waals surface area contributed by atoms with Crippen LogP contribution in [-0.2, 0) is 16.6 Å². The van der Waals surface area contributed by atoms with E-state index in [4.69, 9.17) is 0 Å². The average Bonchev–Trinajstić information content (AvgIpc) is 2.54. The van der Waals surface area contributed by atoms with Gasteiger partial charge in [-0.1, -0.05) is 32.0 Å². The molecule has 0 aromatic heterocycles. The minimum Gasteiger partial charge on any atom is -0.298 e. The molecule has 0 fully saturated rings. The van der Waals surface area contributed by atoms with Crippen molar-refractivity contribution in [2.45, 2.75) is 39.0 Å². The summed E-state index contributed by atoms with van der Waals surface area (Å²) in [4.78, 5) is 10.6. The maximum atomic E-state index is 10.6. The summed E-state index contributed by atoms with van der Waals surface area (Å²) in [7, 11) is 0. The van der Waals surface area contributed by atoms with Gasteiger partial charge in [0.1, 0.15) is 6.29 Å². The second kappa shape index (κ2) is 3.89. The maximum absolute atomic E-state index is 10.6. The average molecular weight is 214 g/mol. The molecule has 0 spiro atoms. The molecule has 1 aliphatic carbocycles. The van der Waals surface area contributed by atoms with Gasteiger partial charge < -0.3 is 0 Å². The summed E-state index contributed by atoms with van der Waals surface area (Å²) in [6.45, 7) is 6.43. The minimum absolute atomic E-state index is 0.317. The minimum atomic E-state index is 0.317. The van der Waals surface area contributed by atoms with Gasteiger partial charge in [-0.15, -0.1) is 0 Å². The summed E-state index contributed by atoms with van der Waals surface area (Å²) in [6, 6.07) is 6.54. The maximum Gasteiger partial charge on any atom is 0.145 e. The van der Waals surface area contributed by atoms with Crippen LogP contribution in [0.5, 0.6) is 0 Å². The molecule has 0 radical (unpaired) electrons. The van der Waals surface area contributed by atoms with E-state index in [0.29, 0.717) is 5.41 Å². The predicted octanol–water partition coefficient (Wildman–Crippen LogP) is 3.51. The van der Waals surface area contributed by atoms with E-state index in [9.17, 15) is 4.79 Å². The number of hydrogen-bond acceptors (Lipinski definition) is 1. The van der Waals surface area contributed by atoms with Crippen LogP contribution in [0.25, 0.3) is 6.08 Å². The first-order valence-electron chi connectivity index (χ1n) is 5.80. The Bertz CT molecular complexity index is 453. The zero-order chi connectivity index (χ0) is 11.8. The van der Waals surface area contributed by atoms with Gasteiger partial charge in [0, 0.05) is 0 Å². The van der Waals surface area contributed by atoms with Crippen molar-refractivity contribution in [1.29, 1.82) is 0 Å². The lowest BCUT2D eigenvalue weighted by Crippen LogP contribution is -2.11. The number of benzene rings is 1. The zero-order valence-corrected chi connectivity index (χ0v) is 10.2. The third-order valence-corrected chi connectivity index (χ3v) is 3.46. The Morgan fingerprint density at radius 1 is 1.38 bits per heavy atom. The molecule has 0 saturated carbocycles. The fourth-order valence-corrected chi connectivity index (χ4v) is 2.45. The van der Waals surface area contributed by atoms with E-state index in [-0.39, 0.29) is 0 Å². The lowest BCUT2D eigenvalue weighted by molar-refractivity contribution is -0.104. The van der Waals surface area contributed by atoms with Crippen LogP contribution in [0.15, 0.2) is 23.8 Å². The Kier molecular flexibility index (Phi) is 2.71. The summed E-state index contributed by atoms with van der Waals surface area (Å²) < 4.78 is 0. The van der Waals surface area contributed by atoms with E-state index >= 15 is 0 Å². The summed E-state index contributed by atoms with van der Waals surface area (Å²) >= 11 is 0. The SMILES string of the molecule is C/C(C=O)=C\c1ccc2c(c1)CCC2(C)C. The Morgan fingerprint density at radius 3 is 2.81 bits per heavy atom. The normalized spacial score (nSPS) is 18.3. The third kappa shape index (κ3) is 1.95. The van der Waals surface area contributed by atoms with Crippen molar-refractivity contribution < 1.29 is 4.79 Å². The molecule has 16 heavy (non-hydrogen) atoms. The molecule has 0 N–H and O–H groups in total. The van der Waals surface area contributed by atoms with Gasteiger partial charge in [-0.25, -0.2) is 0 Å². The van der Waals surface area contributed by atoms with Crippen molar-refractivity contribution in [1.82, 2.24) is 0 Å². The van der Waals surface area contributed by atoms with Crippen LogP contribution in [0.4, 0.5) is 0 Å². The number of carbonyl (C=O) groups excluding carboxylic acids is 1. The lowest BCUT2D eigenvalue weighted by atomic mass is 9.86. The predicted molar refractivity (Wildman–Crippen MR) is 67.5 cm³/mol. The first-order valence-corrected chi connectivity index (χ1v) is 5.80. The van der Waals surface area contributed by atoms with Crippen LogP contribution in [0.1, 0.15) is 43.9 Å².